The van der Waals surface area contributed by atoms with Gasteiger partial charge in [-0.25, -0.2) is 0 Å². The molecule has 1 aromatic carbocycles. The molecule has 0 aliphatic carbocycles. The average molecular weight is 210 g/mol. The van der Waals surface area contributed by atoms with Crippen LogP contribution < -0.4 is 11.1 Å². The molecule has 0 saturated carbocycles. The highest BCUT2D eigenvalue weighted by Crippen LogP contribution is 2.23. The number of benzene rings is 1. The number of nitrogen functional groups attached to an aromatic ring is 1. The molecule has 4 heteroatoms. The Morgan fingerprint density at radius 2 is 2.00 bits per heavy atom. The van der Waals surface area contributed by atoms with E-state index in [1.54, 1.807) is 7.05 Å². The van der Waals surface area contributed by atoms with E-state index in [1.165, 1.54) is 11.8 Å². The van der Waals surface area contributed by atoms with Gasteiger partial charge in [-0.1, -0.05) is 0 Å². The first-order valence-corrected chi connectivity index (χ1v) is 5.25. The lowest BCUT2D eigenvalue weighted by Gasteiger charge is -2.09. The number of anilines is 1. The summed E-state index contributed by atoms with van der Waals surface area (Å²) >= 11 is 1.52. The maximum absolute atomic E-state index is 11.2. The van der Waals surface area contributed by atoms with Gasteiger partial charge in [-0.05, 0) is 31.2 Å². The van der Waals surface area contributed by atoms with E-state index in [0.717, 1.165) is 10.6 Å². The van der Waals surface area contributed by atoms with Gasteiger partial charge in [-0.15, -0.1) is 11.8 Å². The molecule has 1 unspecified atom stereocenters. The molecule has 0 heterocycles. The molecule has 0 aliphatic rings. The summed E-state index contributed by atoms with van der Waals surface area (Å²) < 4.78 is 0. The second-order valence-electron chi connectivity index (χ2n) is 2.94. The van der Waals surface area contributed by atoms with E-state index in [9.17, 15) is 4.79 Å². The van der Waals surface area contributed by atoms with E-state index >= 15 is 0 Å². The third-order valence-corrected chi connectivity index (χ3v) is 2.92. The lowest BCUT2D eigenvalue weighted by Crippen LogP contribution is -2.27. The van der Waals surface area contributed by atoms with Crippen LogP contribution in [0.1, 0.15) is 6.92 Å². The maximum atomic E-state index is 11.2. The summed E-state index contributed by atoms with van der Waals surface area (Å²) in [4.78, 5) is 12.3. The quantitative estimate of drug-likeness (QED) is 0.587. The number of nitrogens with one attached hydrogen (secondary N) is 1. The fourth-order valence-corrected chi connectivity index (χ4v) is 1.93. The normalized spacial score (nSPS) is 12.1. The van der Waals surface area contributed by atoms with Gasteiger partial charge < -0.3 is 11.1 Å². The average Bonchev–Trinajstić information content (AvgIpc) is 2.20. The van der Waals surface area contributed by atoms with E-state index in [1.807, 2.05) is 31.2 Å². The number of nitrogens with two attached hydrogens (primary N) is 1. The Kier molecular flexibility index (Phi) is 3.83. The largest absolute Gasteiger partial charge is 0.399 e. The molecule has 1 rings (SSSR count). The molecule has 0 aromatic heterocycles. The number of hydrogen-bond acceptors (Lipinski definition) is 3. The number of rotatable bonds is 3. The number of carbonyl (C=O) groups is 1. The van der Waals surface area contributed by atoms with Gasteiger partial charge in [0.25, 0.3) is 0 Å². The minimum absolute atomic E-state index is 0.0341. The molecule has 0 saturated heterocycles. The van der Waals surface area contributed by atoms with Crippen molar-refractivity contribution >= 4 is 23.4 Å². The van der Waals surface area contributed by atoms with Crippen LogP contribution in [0.4, 0.5) is 5.69 Å². The van der Waals surface area contributed by atoms with Gasteiger partial charge in [0.05, 0.1) is 5.25 Å². The second kappa shape index (κ2) is 4.91. The van der Waals surface area contributed by atoms with E-state index in [0.29, 0.717) is 0 Å². The highest BCUT2D eigenvalue weighted by molar-refractivity contribution is 8.00. The van der Waals surface area contributed by atoms with Crippen molar-refractivity contribution in [3.8, 4) is 0 Å². The first-order valence-electron chi connectivity index (χ1n) is 4.37. The Morgan fingerprint density at radius 3 is 2.50 bits per heavy atom. The highest BCUT2D eigenvalue weighted by Gasteiger charge is 2.11. The standard InChI is InChI=1S/C10H14N2OS/c1-7(10(13)12-2)14-9-5-3-8(11)4-6-9/h3-7H,11H2,1-2H3,(H,12,13). The van der Waals surface area contributed by atoms with Crippen LogP contribution in [0.3, 0.4) is 0 Å². The van der Waals surface area contributed by atoms with Crippen molar-refractivity contribution in [2.24, 2.45) is 0 Å². The Labute approximate surface area is 88.1 Å². The monoisotopic (exact) mass is 210 g/mol. The summed E-state index contributed by atoms with van der Waals surface area (Å²) in [6.45, 7) is 1.87. The molecular formula is C10H14N2OS. The summed E-state index contributed by atoms with van der Waals surface area (Å²) in [6.07, 6.45) is 0. The molecule has 14 heavy (non-hydrogen) atoms. The number of hydrogen-bond donors (Lipinski definition) is 2. The van der Waals surface area contributed by atoms with E-state index < -0.39 is 0 Å². The first-order chi connectivity index (χ1) is 6.63. The van der Waals surface area contributed by atoms with Gasteiger partial charge in [0, 0.05) is 17.6 Å². The van der Waals surface area contributed by atoms with Gasteiger partial charge in [0.15, 0.2) is 0 Å². The zero-order valence-electron chi connectivity index (χ0n) is 8.28. The molecule has 76 valence electrons. The van der Waals surface area contributed by atoms with Crippen molar-refractivity contribution < 1.29 is 4.79 Å². The summed E-state index contributed by atoms with van der Waals surface area (Å²) in [6, 6.07) is 7.50. The second-order valence-corrected chi connectivity index (χ2v) is 4.36. The Bertz CT molecular complexity index is 310. The number of carbonyl (C=O) groups excluding carboxylic acids is 1. The van der Waals surface area contributed by atoms with Gasteiger partial charge >= 0.3 is 0 Å². The van der Waals surface area contributed by atoms with Crippen molar-refractivity contribution in [2.45, 2.75) is 17.1 Å². The Balaban J connectivity index is 2.60. The minimum Gasteiger partial charge on any atom is -0.399 e. The van der Waals surface area contributed by atoms with Crippen molar-refractivity contribution in [2.75, 3.05) is 12.8 Å². The zero-order valence-corrected chi connectivity index (χ0v) is 9.10. The molecule has 1 atom stereocenters. The fraction of sp³-hybridized carbons (Fsp3) is 0.300. The molecule has 0 radical (unpaired) electrons. The van der Waals surface area contributed by atoms with Crippen LogP contribution in [0.5, 0.6) is 0 Å². The van der Waals surface area contributed by atoms with Gasteiger partial charge in [-0.2, -0.15) is 0 Å². The fourth-order valence-electron chi connectivity index (χ4n) is 1.01. The highest BCUT2D eigenvalue weighted by atomic mass is 32.2. The Morgan fingerprint density at radius 1 is 1.43 bits per heavy atom. The molecule has 1 aromatic rings. The third-order valence-electron chi connectivity index (χ3n) is 1.81. The lowest BCUT2D eigenvalue weighted by molar-refractivity contribution is -0.119. The first kappa shape index (κ1) is 10.9. The smallest absolute Gasteiger partial charge is 0.232 e. The molecule has 0 bridgehead atoms. The van der Waals surface area contributed by atoms with E-state index in [4.69, 9.17) is 5.73 Å². The van der Waals surface area contributed by atoms with Gasteiger partial charge in [0.1, 0.15) is 0 Å². The maximum Gasteiger partial charge on any atom is 0.232 e. The van der Waals surface area contributed by atoms with Crippen LogP contribution in [-0.2, 0) is 4.79 Å². The SMILES string of the molecule is CNC(=O)C(C)Sc1ccc(N)cc1. The topological polar surface area (TPSA) is 55.1 Å². The van der Waals surface area contributed by atoms with Crippen LogP contribution in [0.2, 0.25) is 0 Å². The minimum atomic E-state index is -0.0800. The summed E-state index contributed by atoms with van der Waals surface area (Å²) in [5.74, 6) is 0.0341. The van der Waals surface area contributed by atoms with E-state index in [-0.39, 0.29) is 11.2 Å². The molecule has 0 fully saturated rings. The van der Waals surface area contributed by atoms with Gasteiger partial charge in [-0.3, -0.25) is 4.79 Å². The van der Waals surface area contributed by atoms with Crippen LogP contribution in [0.15, 0.2) is 29.2 Å². The molecule has 3 nitrogen and oxygen atoms in total. The molecule has 3 N–H and O–H groups in total. The summed E-state index contributed by atoms with van der Waals surface area (Å²) in [5, 5.41) is 2.53. The molecule has 0 aliphatic heterocycles. The van der Waals surface area contributed by atoms with E-state index in [2.05, 4.69) is 5.32 Å². The van der Waals surface area contributed by atoms with Crippen LogP contribution >= 0.6 is 11.8 Å². The van der Waals surface area contributed by atoms with Crippen LogP contribution in [0.25, 0.3) is 0 Å². The molecular weight excluding hydrogens is 196 g/mol. The predicted molar refractivity (Wildman–Crippen MR) is 60.2 cm³/mol. The summed E-state index contributed by atoms with van der Waals surface area (Å²) in [5.41, 5.74) is 6.29. The molecule has 1 amide bonds. The van der Waals surface area contributed by atoms with Crippen molar-refractivity contribution in [3.05, 3.63) is 24.3 Å². The lowest BCUT2D eigenvalue weighted by atomic mass is 10.3. The van der Waals surface area contributed by atoms with Crippen LogP contribution in [-0.4, -0.2) is 18.2 Å². The van der Waals surface area contributed by atoms with Crippen molar-refractivity contribution in [1.82, 2.24) is 5.32 Å². The summed E-state index contributed by atoms with van der Waals surface area (Å²) in [7, 11) is 1.64. The predicted octanol–water partition coefficient (Wildman–Crippen LogP) is 1.50. The number of thioether (sulfide) groups is 1. The molecule has 0 spiro atoms. The van der Waals surface area contributed by atoms with Crippen molar-refractivity contribution in [3.63, 3.8) is 0 Å². The third kappa shape index (κ3) is 2.96. The number of amides is 1. The Hall–Kier alpha value is -1.16. The zero-order chi connectivity index (χ0) is 10.6. The van der Waals surface area contributed by atoms with Gasteiger partial charge in [0.2, 0.25) is 5.91 Å². The van der Waals surface area contributed by atoms with Crippen LogP contribution in [0, 0.1) is 0 Å². The van der Waals surface area contributed by atoms with Crippen molar-refractivity contribution in [1.29, 1.82) is 0 Å².